The second-order valence-corrected chi connectivity index (χ2v) is 13.7. The van der Waals surface area contributed by atoms with Crippen molar-refractivity contribution in [3.8, 4) is 5.75 Å². The summed E-state index contributed by atoms with van der Waals surface area (Å²) in [5.41, 5.74) is 5.33. The van der Waals surface area contributed by atoms with Crippen molar-refractivity contribution in [3.63, 3.8) is 0 Å². The molecule has 0 spiro atoms. The van der Waals surface area contributed by atoms with Crippen LogP contribution in [0, 0.1) is 0 Å². The Kier molecular flexibility index (Phi) is 6.91. The topological polar surface area (TPSA) is 105 Å². The molecule has 37 heavy (non-hydrogen) atoms. The summed E-state index contributed by atoms with van der Waals surface area (Å²) in [5.74, 6) is 2.07. The van der Waals surface area contributed by atoms with Crippen LogP contribution in [0.4, 0.5) is 23.1 Å². The van der Waals surface area contributed by atoms with E-state index < -0.39 is 7.14 Å². The van der Waals surface area contributed by atoms with Gasteiger partial charge in [-0.25, -0.2) is 4.98 Å². The number of nitrogens with one attached hydrogen (secondary N) is 2. The van der Waals surface area contributed by atoms with E-state index in [9.17, 15) is 4.57 Å². The summed E-state index contributed by atoms with van der Waals surface area (Å²) in [6, 6.07) is 7.94. The molecule has 3 heterocycles. The molecule has 192 valence electrons. The largest absolute Gasteiger partial charge is 0.495 e. The molecule has 0 saturated heterocycles. The van der Waals surface area contributed by atoms with Crippen molar-refractivity contribution in [2.75, 3.05) is 44.7 Å². The summed E-state index contributed by atoms with van der Waals surface area (Å²) < 4.78 is 19.6. The number of benzene rings is 2. The first-order valence-electron chi connectivity index (χ1n) is 11.9. The minimum absolute atomic E-state index is 0.400. The average Bonchev–Trinajstić information content (AvgIpc) is 2.85. The number of ether oxygens (including phenoxy) is 1. The highest BCUT2D eigenvalue weighted by Gasteiger charge is 2.24. The molecule has 9 nitrogen and oxygen atoms in total. The van der Waals surface area contributed by atoms with E-state index >= 15 is 0 Å². The zero-order chi connectivity index (χ0) is 26.3. The summed E-state index contributed by atoms with van der Waals surface area (Å²) in [5, 5.41) is 7.31. The summed E-state index contributed by atoms with van der Waals surface area (Å²) in [6.45, 7) is 7.57. The van der Waals surface area contributed by atoms with Crippen LogP contribution in [-0.4, -0.2) is 58.9 Å². The molecule has 5 rings (SSSR count). The van der Waals surface area contributed by atoms with Crippen LogP contribution in [0.3, 0.4) is 0 Å². The van der Waals surface area contributed by atoms with Gasteiger partial charge in [-0.15, -0.1) is 0 Å². The van der Waals surface area contributed by atoms with Crippen LogP contribution in [0.1, 0.15) is 24.0 Å². The summed E-state index contributed by atoms with van der Waals surface area (Å²) in [4.78, 5) is 20.3. The monoisotopic (exact) mass is 581 g/mol. The highest BCUT2D eigenvalue weighted by atomic mass is 79.9. The number of halogens is 1. The molecule has 0 aliphatic carbocycles. The van der Waals surface area contributed by atoms with Gasteiger partial charge in [0, 0.05) is 31.7 Å². The Morgan fingerprint density at radius 3 is 2.65 bits per heavy atom. The third-order valence-corrected chi connectivity index (χ3v) is 8.52. The van der Waals surface area contributed by atoms with Crippen LogP contribution >= 0.6 is 23.1 Å². The Bertz CT molecular complexity index is 1540. The maximum Gasteiger partial charge on any atom is 0.229 e. The van der Waals surface area contributed by atoms with Gasteiger partial charge < -0.3 is 24.8 Å². The van der Waals surface area contributed by atoms with E-state index in [0.29, 0.717) is 44.2 Å². The highest BCUT2D eigenvalue weighted by molar-refractivity contribution is 9.10. The van der Waals surface area contributed by atoms with Gasteiger partial charge in [-0.3, -0.25) is 9.97 Å². The van der Waals surface area contributed by atoms with E-state index in [1.54, 1.807) is 39.0 Å². The van der Waals surface area contributed by atoms with Crippen molar-refractivity contribution in [2.24, 2.45) is 0 Å². The molecule has 1 aliphatic rings. The second-order valence-electron chi connectivity index (χ2n) is 9.73. The fourth-order valence-corrected chi connectivity index (χ4v) is 6.54. The fraction of sp³-hybridized carbons (Fsp3) is 0.308. The summed E-state index contributed by atoms with van der Waals surface area (Å²) in [6.07, 6.45) is 4.92. The Labute approximate surface area is 224 Å². The number of anilines is 4. The van der Waals surface area contributed by atoms with Crippen molar-refractivity contribution in [1.29, 1.82) is 0 Å². The molecule has 4 aromatic rings. The quantitative estimate of drug-likeness (QED) is 0.286. The normalized spacial score (nSPS) is 15.9. The molecule has 1 aliphatic heterocycles. The summed E-state index contributed by atoms with van der Waals surface area (Å²) >= 11 is 3.55. The second kappa shape index (κ2) is 10.0. The van der Waals surface area contributed by atoms with Crippen LogP contribution in [0.2, 0.25) is 0 Å². The van der Waals surface area contributed by atoms with Crippen LogP contribution in [-0.2, 0) is 11.1 Å². The van der Waals surface area contributed by atoms with Crippen LogP contribution in [0.15, 0.2) is 47.3 Å². The van der Waals surface area contributed by atoms with Crippen molar-refractivity contribution in [3.05, 3.63) is 58.5 Å². The number of fused-ring (bicyclic) bond motifs is 2. The molecule has 0 amide bonds. The Morgan fingerprint density at radius 2 is 1.89 bits per heavy atom. The first-order valence-corrected chi connectivity index (χ1v) is 15.3. The van der Waals surface area contributed by atoms with Gasteiger partial charge >= 0.3 is 0 Å². The number of rotatable bonds is 6. The van der Waals surface area contributed by atoms with E-state index in [2.05, 4.69) is 72.5 Å². The average molecular weight is 582 g/mol. The highest BCUT2D eigenvalue weighted by Crippen LogP contribution is 2.41. The van der Waals surface area contributed by atoms with Crippen molar-refractivity contribution < 1.29 is 9.30 Å². The minimum Gasteiger partial charge on any atom is -0.495 e. The van der Waals surface area contributed by atoms with E-state index in [0.717, 1.165) is 24.5 Å². The van der Waals surface area contributed by atoms with Crippen molar-refractivity contribution in [2.45, 2.75) is 19.4 Å². The molecule has 11 heteroatoms. The molecule has 0 saturated carbocycles. The molecule has 2 aromatic heterocycles. The fourth-order valence-electron chi connectivity index (χ4n) is 4.85. The number of likely N-dealkylation sites (N-methyl/N-ethyl adjacent to an activating group) is 1. The third-order valence-electron chi connectivity index (χ3n) is 6.41. The van der Waals surface area contributed by atoms with E-state index in [4.69, 9.17) is 9.72 Å². The minimum atomic E-state index is -2.71. The standard InChI is InChI=1S/C26H29BrN7O2P/c1-15-13-34(2)14-16-10-22(36-3)21(11-17(15)16)32-26-30-12-18(27)25(33-26)31-20-7-6-19-23(29-9-8-28-19)24(20)37(4,5)35/h6-12,15H,13-14H2,1-5H3,(H2,30,31,32,33)/t15-/m1/s1. The SMILES string of the molecule is COc1cc2c(cc1Nc1ncc(Br)c(Nc3ccc4nccnc4c3P(C)(C)=O)n1)[C@H](C)CN(C)C2. The van der Waals surface area contributed by atoms with E-state index in [1.807, 2.05) is 12.1 Å². The third kappa shape index (κ3) is 5.19. The van der Waals surface area contributed by atoms with Crippen LogP contribution in [0.5, 0.6) is 5.75 Å². The molecule has 0 radical (unpaired) electrons. The van der Waals surface area contributed by atoms with Gasteiger partial charge in [-0.05, 0) is 77.6 Å². The summed E-state index contributed by atoms with van der Waals surface area (Å²) in [7, 11) is 1.08. The lowest BCUT2D eigenvalue weighted by molar-refractivity contribution is 0.287. The van der Waals surface area contributed by atoms with Crippen LogP contribution < -0.4 is 20.7 Å². The Hall–Kier alpha value is -3.07. The Balaban J connectivity index is 1.51. The molecule has 2 aromatic carbocycles. The van der Waals surface area contributed by atoms with Gasteiger partial charge in [0.1, 0.15) is 24.2 Å². The van der Waals surface area contributed by atoms with Crippen molar-refractivity contribution in [1.82, 2.24) is 24.8 Å². The number of aromatic nitrogens is 4. The molecule has 0 fully saturated rings. The number of methoxy groups -OCH3 is 1. The van der Waals surface area contributed by atoms with Gasteiger partial charge in [0.05, 0.1) is 33.8 Å². The first kappa shape index (κ1) is 25.6. The molecule has 1 atom stereocenters. The van der Waals surface area contributed by atoms with Gasteiger partial charge in [-0.1, -0.05) is 6.92 Å². The maximum atomic E-state index is 13.3. The lowest BCUT2D eigenvalue weighted by Crippen LogP contribution is -2.29. The van der Waals surface area contributed by atoms with E-state index in [-0.39, 0.29) is 0 Å². The molecular formula is C26H29BrN7O2P. The first-order chi connectivity index (χ1) is 17.6. The van der Waals surface area contributed by atoms with Gasteiger partial charge in [0.25, 0.3) is 0 Å². The lowest BCUT2D eigenvalue weighted by Gasteiger charge is -2.31. The molecule has 2 N–H and O–H groups in total. The predicted octanol–water partition coefficient (Wildman–Crippen LogP) is 5.48. The van der Waals surface area contributed by atoms with Crippen LogP contribution in [0.25, 0.3) is 11.0 Å². The van der Waals surface area contributed by atoms with Gasteiger partial charge in [0.2, 0.25) is 5.95 Å². The van der Waals surface area contributed by atoms with E-state index in [1.165, 1.54) is 11.1 Å². The molecule has 0 unspecified atom stereocenters. The number of nitrogens with zero attached hydrogens (tertiary/aromatic N) is 5. The van der Waals surface area contributed by atoms with Gasteiger partial charge in [-0.2, -0.15) is 4.98 Å². The zero-order valence-electron chi connectivity index (χ0n) is 21.4. The number of hydrogen-bond donors (Lipinski definition) is 2. The smallest absolute Gasteiger partial charge is 0.229 e. The van der Waals surface area contributed by atoms with Crippen molar-refractivity contribution >= 4 is 62.6 Å². The molecule has 0 bridgehead atoms. The Morgan fingerprint density at radius 1 is 1.11 bits per heavy atom. The maximum absolute atomic E-state index is 13.3. The number of hydrogen-bond acceptors (Lipinski definition) is 9. The van der Waals surface area contributed by atoms with Gasteiger partial charge in [0.15, 0.2) is 0 Å². The zero-order valence-corrected chi connectivity index (χ0v) is 23.9. The predicted molar refractivity (Wildman–Crippen MR) is 153 cm³/mol. The molecular weight excluding hydrogens is 553 g/mol. The lowest BCUT2D eigenvalue weighted by atomic mass is 9.90.